The number of rotatable bonds is 16. The van der Waals surface area contributed by atoms with E-state index in [0.29, 0.717) is 33.2 Å². The van der Waals surface area contributed by atoms with Crippen molar-refractivity contribution in [2.75, 3.05) is 43.2 Å². The molecule has 3 heterocycles. The molecule has 1 aromatic heterocycles. The van der Waals surface area contributed by atoms with Crippen LogP contribution in [0.1, 0.15) is 74.6 Å². The molecule has 1 saturated carbocycles. The Bertz CT molecular complexity index is 2950. The number of hydrogen-bond donors (Lipinski definition) is 5. The maximum Gasteiger partial charge on any atom is 0.319 e. The van der Waals surface area contributed by atoms with Crippen molar-refractivity contribution in [3.63, 3.8) is 0 Å². The summed E-state index contributed by atoms with van der Waals surface area (Å²) in [5.41, 5.74) is 9.74. The molecule has 2 aliphatic heterocycles. The molecule has 0 spiro atoms. The number of halogens is 3. The number of nitrogens with zero attached hydrogens (tertiary/aromatic N) is 4. The van der Waals surface area contributed by atoms with Crippen molar-refractivity contribution >= 4 is 64.4 Å². The van der Waals surface area contributed by atoms with Crippen LogP contribution in [0.2, 0.25) is 5.02 Å². The number of anilines is 3. The Hall–Kier alpha value is -7.93. The monoisotopic (exact) mass is 961 g/mol. The average Bonchev–Trinajstić information content (AvgIpc) is 4.12. The summed E-state index contributed by atoms with van der Waals surface area (Å²) in [5.74, 6) is -3.40. The van der Waals surface area contributed by atoms with Crippen molar-refractivity contribution in [1.29, 1.82) is 0 Å². The Morgan fingerprint density at radius 1 is 0.957 bits per heavy atom. The van der Waals surface area contributed by atoms with E-state index in [1.54, 1.807) is 37.3 Å². The molecule has 1 aliphatic carbocycles. The molecule has 6 N–H and O–H groups in total. The van der Waals surface area contributed by atoms with E-state index >= 15 is 4.39 Å². The first-order valence-electron chi connectivity index (χ1n) is 21.9. The molecule has 1 unspecified atom stereocenters. The smallest absolute Gasteiger partial charge is 0.319 e. The minimum atomic E-state index is -0.754. The number of amides is 7. The van der Waals surface area contributed by atoms with Gasteiger partial charge in [-0.05, 0) is 103 Å². The second-order valence-corrected chi connectivity index (χ2v) is 17.3. The quantitative estimate of drug-likeness (QED) is 0.0520. The number of imide groups is 1. The highest BCUT2D eigenvalue weighted by Crippen LogP contribution is 2.41. The predicted molar refractivity (Wildman–Crippen MR) is 250 cm³/mol. The Morgan fingerprint density at radius 2 is 1.75 bits per heavy atom. The van der Waals surface area contributed by atoms with E-state index in [4.69, 9.17) is 26.8 Å². The van der Waals surface area contributed by atoms with Crippen molar-refractivity contribution in [3.8, 4) is 22.8 Å². The van der Waals surface area contributed by atoms with E-state index in [-0.39, 0.29) is 109 Å². The van der Waals surface area contributed by atoms with Crippen LogP contribution in [0.4, 0.5) is 30.8 Å². The zero-order valence-corrected chi connectivity index (χ0v) is 38.2. The third-order valence-corrected chi connectivity index (χ3v) is 12.2. The standard InChI is InChI=1S/C49H46ClF2N9O8/c1-25(23-69-40-12-8-31(50)18-38(40)58-49(67)54-21-27-4-9-33-30(16-27)22-61(48(33)66)39-11-13-41(62)59-46(39)64)47(65)60(3)14-15-68-43-42(55-24-56-44(43)53)35-19-32(51)20-37(26(35)2)57-45(63)34-10-7-29(17-36(34)52)28-5-6-28/h4,7-10,12,16-20,24,28,39H,1,5-6,11,13-15,21-23H2,2-3H3,(H,57,63)(H2,53,55,56)(H2,54,58,67)(H,59,62,64). The van der Waals surface area contributed by atoms with Crippen LogP contribution in [-0.2, 0) is 27.5 Å². The lowest BCUT2D eigenvalue weighted by Gasteiger charge is -2.29. The first-order valence-corrected chi connectivity index (χ1v) is 22.2. The molecule has 1 saturated heterocycles. The highest BCUT2D eigenvalue weighted by atomic mass is 35.5. The van der Waals surface area contributed by atoms with Gasteiger partial charge in [-0.2, -0.15) is 0 Å². The molecule has 4 aromatic carbocycles. The normalized spacial score (nSPS) is 15.2. The third-order valence-electron chi connectivity index (χ3n) is 11.9. The lowest BCUT2D eigenvalue weighted by molar-refractivity contribution is -0.137. The zero-order valence-electron chi connectivity index (χ0n) is 37.4. The fourth-order valence-corrected chi connectivity index (χ4v) is 8.22. The molecule has 8 rings (SSSR count). The molecular formula is C49H46ClF2N9O8. The summed E-state index contributed by atoms with van der Waals surface area (Å²) in [7, 11) is 1.52. The molecule has 3 aliphatic rings. The van der Waals surface area contributed by atoms with Crippen LogP contribution in [0.3, 0.4) is 0 Å². The number of ether oxygens (including phenoxy) is 2. The molecular weight excluding hydrogens is 916 g/mol. The van der Waals surface area contributed by atoms with Gasteiger partial charge in [-0.25, -0.2) is 23.5 Å². The van der Waals surface area contributed by atoms with E-state index in [0.717, 1.165) is 24.5 Å². The average molecular weight is 962 g/mol. The lowest BCUT2D eigenvalue weighted by Crippen LogP contribution is -2.52. The van der Waals surface area contributed by atoms with Crippen molar-refractivity contribution in [2.24, 2.45) is 0 Å². The molecule has 20 heteroatoms. The Kier molecular flexibility index (Phi) is 13.9. The number of nitrogens with one attached hydrogen (secondary N) is 4. The van der Waals surface area contributed by atoms with Gasteiger partial charge >= 0.3 is 6.03 Å². The highest BCUT2D eigenvalue weighted by Gasteiger charge is 2.39. The maximum absolute atomic E-state index is 15.1. The number of piperidine rings is 1. The molecule has 1 atom stereocenters. The van der Waals surface area contributed by atoms with Crippen molar-refractivity contribution < 1.29 is 47.0 Å². The van der Waals surface area contributed by atoms with Crippen LogP contribution >= 0.6 is 11.6 Å². The number of fused-ring (bicyclic) bond motifs is 1. The van der Waals surface area contributed by atoms with Crippen molar-refractivity contribution in [3.05, 3.63) is 135 Å². The molecule has 0 radical (unpaired) electrons. The number of hydrogen-bond acceptors (Lipinski definition) is 11. The van der Waals surface area contributed by atoms with Gasteiger partial charge in [0.15, 0.2) is 11.6 Å². The largest absolute Gasteiger partial charge is 0.487 e. The maximum atomic E-state index is 15.1. The fraction of sp³-hybridized carbons (Fsp3) is 0.265. The lowest BCUT2D eigenvalue weighted by atomic mass is 10.0. The van der Waals surface area contributed by atoms with Crippen LogP contribution in [0.25, 0.3) is 11.3 Å². The van der Waals surface area contributed by atoms with E-state index in [9.17, 15) is 33.2 Å². The predicted octanol–water partition coefficient (Wildman–Crippen LogP) is 6.65. The Morgan fingerprint density at radius 3 is 2.51 bits per heavy atom. The summed E-state index contributed by atoms with van der Waals surface area (Å²) in [5, 5.41) is 10.7. The number of nitrogen functional groups attached to an aromatic ring is 1. The highest BCUT2D eigenvalue weighted by molar-refractivity contribution is 6.31. The second-order valence-electron chi connectivity index (χ2n) is 16.8. The van der Waals surface area contributed by atoms with E-state index in [2.05, 4.69) is 37.8 Å². The van der Waals surface area contributed by atoms with Crippen LogP contribution in [0.15, 0.2) is 85.2 Å². The van der Waals surface area contributed by atoms with Gasteiger partial charge in [0, 0.05) is 54.0 Å². The summed E-state index contributed by atoms with van der Waals surface area (Å²) in [4.78, 5) is 87.8. The van der Waals surface area contributed by atoms with Crippen LogP contribution in [0, 0.1) is 18.6 Å². The third kappa shape index (κ3) is 10.8. The summed E-state index contributed by atoms with van der Waals surface area (Å²) in [6.45, 7) is 5.41. The number of aromatic nitrogens is 2. The SMILES string of the molecule is C=C(COc1ccc(Cl)cc1NC(=O)NCc1ccc2c(c1)CN(C1CCC(=O)NC1=O)C2=O)C(=O)N(C)CCOc1c(N)ncnc1-c1cc(F)cc(NC(=O)c2ccc(C3CC3)cc2F)c1C. The number of urea groups is 1. The van der Waals surface area contributed by atoms with Crippen molar-refractivity contribution in [1.82, 2.24) is 30.4 Å². The summed E-state index contributed by atoms with van der Waals surface area (Å²) in [6, 6.07) is 15.1. The number of benzene rings is 4. The summed E-state index contributed by atoms with van der Waals surface area (Å²) < 4.78 is 42.0. The Labute approximate surface area is 399 Å². The van der Waals surface area contributed by atoms with E-state index in [1.807, 2.05) is 0 Å². The minimum absolute atomic E-state index is 0.00198. The molecule has 5 aromatic rings. The van der Waals surface area contributed by atoms with Crippen LogP contribution < -0.4 is 36.5 Å². The molecule has 17 nitrogen and oxygen atoms in total. The number of carbonyl (C=O) groups is 6. The van der Waals surface area contributed by atoms with Crippen LogP contribution in [0.5, 0.6) is 11.5 Å². The molecule has 356 valence electrons. The Balaban J connectivity index is 0.836. The van der Waals surface area contributed by atoms with Gasteiger partial charge in [0.1, 0.15) is 48.7 Å². The molecule has 7 amide bonds. The molecule has 0 bridgehead atoms. The van der Waals surface area contributed by atoms with Gasteiger partial charge < -0.3 is 41.0 Å². The van der Waals surface area contributed by atoms with Gasteiger partial charge in [-0.1, -0.05) is 36.4 Å². The minimum Gasteiger partial charge on any atom is -0.487 e. The van der Waals surface area contributed by atoms with Crippen molar-refractivity contribution in [2.45, 2.75) is 57.7 Å². The molecule has 2 fully saturated rings. The van der Waals surface area contributed by atoms with Gasteiger partial charge in [-0.15, -0.1) is 0 Å². The summed E-state index contributed by atoms with van der Waals surface area (Å²) in [6.07, 6.45) is 3.50. The summed E-state index contributed by atoms with van der Waals surface area (Å²) >= 11 is 6.25. The van der Waals surface area contributed by atoms with E-state index < -0.39 is 41.4 Å². The van der Waals surface area contributed by atoms with Gasteiger partial charge in [0.2, 0.25) is 11.8 Å². The van der Waals surface area contributed by atoms with Crippen LogP contribution in [-0.4, -0.2) is 88.2 Å². The second kappa shape index (κ2) is 20.1. The van der Waals surface area contributed by atoms with Gasteiger partial charge in [0.05, 0.1) is 17.8 Å². The number of nitrogens with two attached hydrogens (primary N) is 1. The number of carbonyl (C=O) groups excluding carboxylic acids is 6. The fourth-order valence-electron chi connectivity index (χ4n) is 8.05. The first-order chi connectivity index (χ1) is 33.0. The number of likely N-dealkylation sites (N-methyl/N-ethyl adjacent to an activating group) is 1. The first kappa shape index (κ1) is 47.6. The molecule has 69 heavy (non-hydrogen) atoms. The van der Waals surface area contributed by atoms with E-state index in [1.165, 1.54) is 53.5 Å². The van der Waals surface area contributed by atoms with Gasteiger partial charge in [-0.3, -0.25) is 29.3 Å². The topological polar surface area (TPSA) is 227 Å². The zero-order chi connectivity index (χ0) is 49.1. The van der Waals surface area contributed by atoms with Gasteiger partial charge in [0.25, 0.3) is 17.7 Å².